The van der Waals surface area contributed by atoms with Crippen LogP contribution in [0.4, 0.5) is 5.69 Å². The molecule has 0 saturated carbocycles. The van der Waals surface area contributed by atoms with Crippen LogP contribution in [0.5, 0.6) is 0 Å². The van der Waals surface area contributed by atoms with Crippen molar-refractivity contribution in [3.05, 3.63) is 192 Å². The van der Waals surface area contributed by atoms with Crippen LogP contribution in [0.1, 0.15) is 31.8 Å². The second kappa shape index (κ2) is 13.6. The van der Waals surface area contributed by atoms with Crippen LogP contribution in [0.15, 0.2) is 170 Å². The molecule has 1 aliphatic rings. The summed E-state index contributed by atoms with van der Waals surface area (Å²) >= 11 is 0. The van der Waals surface area contributed by atoms with Crippen LogP contribution >= 0.6 is 0 Å². The fraction of sp³-hybridized carbons (Fsp3) is 0.0213. The molecule has 1 aromatic heterocycles. The average molecular weight is 683 g/mol. The van der Waals surface area contributed by atoms with Crippen molar-refractivity contribution in [1.82, 2.24) is 4.57 Å². The Kier molecular flexibility index (Phi) is 8.40. The maximum absolute atomic E-state index is 14.5. The van der Waals surface area contributed by atoms with Crippen molar-refractivity contribution in [2.45, 2.75) is 6.42 Å². The molecule has 2 heterocycles. The molecule has 6 nitrogen and oxygen atoms in total. The van der Waals surface area contributed by atoms with Crippen LogP contribution in [0, 0.1) is 22.7 Å². The number of benzene rings is 6. The number of fused-ring (bicyclic) bond motifs is 4. The smallest absolute Gasteiger partial charge is 0.268 e. The normalized spacial score (nSPS) is 12.7. The number of nitriles is 2. The second-order valence-corrected chi connectivity index (χ2v) is 12.7. The van der Waals surface area contributed by atoms with E-state index in [9.17, 15) is 20.1 Å². The van der Waals surface area contributed by atoms with E-state index in [1.165, 1.54) is 4.90 Å². The number of imide groups is 1. The summed E-state index contributed by atoms with van der Waals surface area (Å²) in [5, 5.41) is 20.7. The Morgan fingerprint density at radius 2 is 1.36 bits per heavy atom. The fourth-order valence-corrected chi connectivity index (χ4v) is 7.10. The van der Waals surface area contributed by atoms with E-state index >= 15 is 0 Å². The monoisotopic (exact) mass is 682 g/mol. The van der Waals surface area contributed by atoms with Crippen molar-refractivity contribution in [3.63, 3.8) is 0 Å². The molecular weight excluding hydrogens is 653 g/mol. The Morgan fingerprint density at radius 1 is 0.679 bits per heavy atom. The molecule has 0 fully saturated rings. The zero-order valence-corrected chi connectivity index (χ0v) is 28.5. The summed E-state index contributed by atoms with van der Waals surface area (Å²) in [5.41, 5.74) is 9.59. The summed E-state index contributed by atoms with van der Waals surface area (Å²) in [6.07, 6.45) is 7.60. The lowest BCUT2D eigenvalue weighted by atomic mass is 10.0. The third kappa shape index (κ3) is 5.81. The van der Waals surface area contributed by atoms with E-state index < -0.39 is 0 Å². The number of hydrogen-bond donors (Lipinski definition) is 0. The maximum atomic E-state index is 14.5. The molecule has 6 heteroatoms. The van der Waals surface area contributed by atoms with Crippen molar-refractivity contribution in [2.24, 2.45) is 0 Å². The van der Waals surface area contributed by atoms with Crippen molar-refractivity contribution in [2.75, 3.05) is 4.90 Å². The van der Waals surface area contributed by atoms with Crippen molar-refractivity contribution < 1.29 is 9.59 Å². The first-order valence-electron chi connectivity index (χ1n) is 17.1. The van der Waals surface area contributed by atoms with Gasteiger partial charge in [-0.2, -0.15) is 10.5 Å². The standard InChI is InChI=1S/C47H30N4O2/c1-2-9-32(29-48)11-6-10-31-20-24-42-40(26-31)41-28-37(35-21-18-33(30-49)19-22-35)23-25-43(41)51(42)44-17-8-16-39-45(44)47(53)50(46(39)52)38-15-7-14-36(27-38)34-12-4-3-5-13-34/h2-9,11-28H,1,10H2/b11-6-,32-9+. The summed E-state index contributed by atoms with van der Waals surface area (Å²) in [4.78, 5) is 29.8. The highest BCUT2D eigenvalue weighted by molar-refractivity contribution is 6.36. The maximum Gasteiger partial charge on any atom is 0.268 e. The lowest BCUT2D eigenvalue weighted by Crippen LogP contribution is -2.29. The van der Waals surface area contributed by atoms with Crippen LogP contribution in [0.3, 0.4) is 0 Å². The number of hydrogen-bond acceptors (Lipinski definition) is 4. The number of aromatic nitrogens is 1. The van der Waals surface area contributed by atoms with E-state index in [1.54, 1.807) is 42.5 Å². The van der Waals surface area contributed by atoms with Gasteiger partial charge >= 0.3 is 0 Å². The zero-order chi connectivity index (χ0) is 36.5. The van der Waals surface area contributed by atoms with Crippen molar-refractivity contribution in [1.29, 1.82) is 10.5 Å². The lowest BCUT2D eigenvalue weighted by molar-refractivity contribution is 0.0926. The van der Waals surface area contributed by atoms with Gasteiger partial charge in [0, 0.05) is 10.8 Å². The van der Waals surface area contributed by atoms with Crippen LogP contribution in [-0.2, 0) is 6.42 Å². The predicted molar refractivity (Wildman–Crippen MR) is 211 cm³/mol. The van der Waals surface area contributed by atoms with E-state index in [0.29, 0.717) is 40.1 Å². The Balaban J connectivity index is 1.28. The van der Waals surface area contributed by atoms with Gasteiger partial charge in [-0.1, -0.05) is 91.5 Å². The van der Waals surface area contributed by atoms with E-state index in [4.69, 9.17) is 0 Å². The molecule has 7 aromatic rings. The minimum Gasteiger partial charge on any atom is -0.308 e. The molecule has 0 saturated heterocycles. The first-order chi connectivity index (χ1) is 26.0. The molecule has 250 valence electrons. The second-order valence-electron chi connectivity index (χ2n) is 12.7. The number of rotatable bonds is 8. The molecule has 0 bridgehead atoms. The molecule has 6 aromatic carbocycles. The van der Waals surface area contributed by atoms with E-state index in [1.807, 2.05) is 103 Å². The van der Waals surface area contributed by atoms with Crippen LogP contribution < -0.4 is 4.90 Å². The van der Waals surface area contributed by atoms with Gasteiger partial charge in [0.15, 0.2) is 0 Å². The highest BCUT2D eigenvalue weighted by Crippen LogP contribution is 2.40. The molecule has 1 aliphatic heterocycles. The number of carbonyl (C=O) groups is 2. The molecule has 0 N–H and O–H groups in total. The number of amides is 2. The van der Waals surface area contributed by atoms with Gasteiger partial charge in [-0.3, -0.25) is 9.59 Å². The predicted octanol–water partition coefficient (Wildman–Crippen LogP) is 10.5. The first-order valence-corrected chi connectivity index (χ1v) is 17.1. The van der Waals surface area contributed by atoms with Gasteiger partial charge in [0.25, 0.3) is 11.8 Å². The Bertz CT molecular complexity index is 2770. The Hall–Kier alpha value is -7.54. The number of carbonyl (C=O) groups excluding carboxylic acids is 2. The quantitative estimate of drug-likeness (QED) is 0.0906. The molecule has 0 spiro atoms. The van der Waals surface area contributed by atoms with Gasteiger partial charge in [-0.15, -0.1) is 0 Å². The van der Waals surface area contributed by atoms with Crippen LogP contribution in [-0.4, -0.2) is 16.4 Å². The average Bonchev–Trinajstić information content (AvgIpc) is 3.67. The summed E-state index contributed by atoms with van der Waals surface area (Å²) in [7, 11) is 0. The minimum absolute atomic E-state index is 0.350. The van der Waals surface area contributed by atoms with Gasteiger partial charge in [0.1, 0.15) is 0 Å². The van der Waals surface area contributed by atoms with E-state index in [-0.39, 0.29) is 11.8 Å². The van der Waals surface area contributed by atoms with E-state index in [2.05, 4.69) is 35.4 Å². The highest BCUT2D eigenvalue weighted by Gasteiger charge is 2.39. The summed E-state index contributed by atoms with van der Waals surface area (Å²) in [5.74, 6) is -0.741. The van der Waals surface area contributed by atoms with Gasteiger partial charge < -0.3 is 4.57 Å². The molecule has 0 unspecified atom stereocenters. The molecule has 8 rings (SSSR count). The van der Waals surface area contributed by atoms with Crippen LogP contribution in [0.2, 0.25) is 0 Å². The van der Waals surface area contributed by atoms with Gasteiger partial charge in [-0.25, -0.2) is 4.90 Å². The summed E-state index contributed by atoms with van der Waals surface area (Å²) in [6, 6.07) is 47.1. The van der Waals surface area contributed by atoms with Gasteiger partial charge in [-0.05, 0) is 107 Å². The number of allylic oxidation sites excluding steroid dienone is 5. The van der Waals surface area contributed by atoms with Crippen LogP contribution in [0.25, 0.3) is 49.7 Å². The van der Waals surface area contributed by atoms with Gasteiger partial charge in [0.05, 0.1) is 56.8 Å². The molecule has 53 heavy (non-hydrogen) atoms. The third-order valence-electron chi connectivity index (χ3n) is 9.60. The summed E-state index contributed by atoms with van der Waals surface area (Å²) < 4.78 is 2.07. The Labute approximate surface area is 306 Å². The van der Waals surface area contributed by atoms with E-state index in [0.717, 1.165) is 49.6 Å². The Morgan fingerprint density at radius 3 is 2.11 bits per heavy atom. The molecule has 2 amide bonds. The first kappa shape index (κ1) is 32.7. The van der Waals surface area contributed by atoms with Gasteiger partial charge in [0.2, 0.25) is 0 Å². The number of nitrogens with zero attached hydrogens (tertiary/aromatic N) is 4. The van der Waals surface area contributed by atoms with Crippen molar-refractivity contribution in [3.8, 4) is 40.1 Å². The van der Waals surface area contributed by atoms with Crippen molar-refractivity contribution >= 4 is 39.3 Å². The zero-order valence-electron chi connectivity index (χ0n) is 28.5. The molecular formula is C47H30N4O2. The summed E-state index contributed by atoms with van der Waals surface area (Å²) in [6.45, 7) is 3.69. The third-order valence-corrected chi connectivity index (χ3v) is 9.60. The number of anilines is 1. The molecule has 0 radical (unpaired) electrons. The lowest BCUT2D eigenvalue weighted by Gasteiger charge is -2.16. The largest absolute Gasteiger partial charge is 0.308 e. The SMILES string of the molecule is C=C/C=C(C#N)\C=C/Cc1ccc2c(c1)c1cc(-c3ccc(C#N)cc3)ccc1n2-c1cccc2c1C(=O)N(c1cccc(-c3ccccc3)c1)C2=O. The molecule has 0 atom stereocenters. The minimum atomic E-state index is -0.377. The highest BCUT2D eigenvalue weighted by atomic mass is 16.2. The molecule has 0 aliphatic carbocycles. The topological polar surface area (TPSA) is 89.9 Å². The fourth-order valence-electron chi connectivity index (χ4n) is 7.10.